The topological polar surface area (TPSA) is 61.4 Å². The van der Waals surface area contributed by atoms with Crippen molar-refractivity contribution >= 4 is 22.2 Å². The minimum atomic E-state index is -0.287. The average Bonchev–Trinajstić information content (AvgIpc) is 2.84. The van der Waals surface area contributed by atoms with Crippen LogP contribution in [0.15, 0.2) is 24.3 Å². The van der Waals surface area contributed by atoms with Crippen LogP contribution in [0.4, 0.5) is 5.00 Å². The Hall–Kier alpha value is -2.01. The SMILES string of the molecule is C[C@H]1CCc2c(sc3c2C(=O)N[C@H](c2cccc(O)c2)N3)C1. The third-order valence-electron chi connectivity index (χ3n) is 4.49. The molecule has 1 aliphatic heterocycles. The number of amides is 1. The van der Waals surface area contributed by atoms with Crippen molar-refractivity contribution in [2.45, 2.75) is 32.4 Å². The number of hydrogen-bond donors (Lipinski definition) is 3. The smallest absolute Gasteiger partial charge is 0.256 e. The second-order valence-corrected chi connectivity index (χ2v) is 7.31. The van der Waals surface area contributed by atoms with Gasteiger partial charge in [-0.05, 0) is 48.4 Å². The summed E-state index contributed by atoms with van der Waals surface area (Å²) in [4.78, 5) is 13.9. The number of nitrogens with one attached hydrogen (secondary N) is 2. The molecule has 2 heterocycles. The third kappa shape index (κ3) is 2.16. The van der Waals surface area contributed by atoms with Gasteiger partial charge >= 0.3 is 0 Å². The summed E-state index contributed by atoms with van der Waals surface area (Å²) in [5.41, 5.74) is 2.93. The van der Waals surface area contributed by atoms with Crippen molar-refractivity contribution in [3.63, 3.8) is 0 Å². The maximum atomic E-state index is 12.6. The molecule has 0 spiro atoms. The van der Waals surface area contributed by atoms with Crippen molar-refractivity contribution in [2.75, 3.05) is 5.32 Å². The van der Waals surface area contributed by atoms with E-state index >= 15 is 0 Å². The lowest BCUT2D eigenvalue weighted by Gasteiger charge is -2.27. The number of phenolic OH excluding ortho intramolecular Hbond substituents is 1. The average molecular weight is 314 g/mol. The van der Waals surface area contributed by atoms with Crippen LogP contribution in [-0.4, -0.2) is 11.0 Å². The predicted octanol–water partition coefficient (Wildman–Crippen LogP) is 3.43. The highest BCUT2D eigenvalue weighted by atomic mass is 32.1. The van der Waals surface area contributed by atoms with Gasteiger partial charge < -0.3 is 15.7 Å². The van der Waals surface area contributed by atoms with E-state index in [1.54, 1.807) is 29.5 Å². The first kappa shape index (κ1) is 13.6. The molecule has 0 bridgehead atoms. The first-order valence-corrected chi connectivity index (χ1v) is 8.44. The monoisotopic (exact) mass is 314 g/mol. The fraction of sp³-hybridized carbons (Fsp3) is 0.353. The minimum absolute atomic E-state index is 0.00542. The van der Waals surface area contributed by atoms with Crippen molar-refractivity contribution in [1.29, 1.82) is 0 Å². The Balaban J connectivity index is 1.71. The molecule has 2 aliphatic rings. The van der Waals surface area contributed by atoms with Crippen molar-refractivity contribution in [1.82, 2.24) is 5.32 Å². The van der Waals surface area contributed by atoms with Crippen LogP contribution in [0.3, 0.4) is 0 Å². The second-order valence-electron chi connectivity index (χ2n) is 6.20. The highest BCUT2D eigenvalue weighted by Crippen LogP contribution is 2.42. The minimum Gasteiger partial charge on any atom is -0.508 e. The van der Waals surface area contributed by atoms with Gasteiger partial charge in [0.2, 0.25) is 0 Å². The summed E-state index contributed by atoms with van der Waals surface area (Å²) in [6.07, 6.45) is 2.93. The van der Waals surface area contributed by atoms with E-state index in [2.05, 4.69) is 17.6 Å². The van der Waals surface area contributed by atoms with E-state index < -0.39 is 0 Å². The fourth-order valence-electron chi connectivity index (χ4n) is 3.33. The summed E-state index contributed by atoms with van der Waals surface area (Å²) in [5, 5.41) is 17.0. The number of aromatic hydroxyl groups is 1. The quantitative estimate of drug-likeness (QED) is 0.756. The number of fused-ring (bicyclic) bond motifs is 3. The van der Waals surface area contributed by atoms with Crippen LogP contribution in [0.2, 0.25) is 0 Å². The van der Waals surface area contributed by atoms with E-state index in [-0.39, 0.29) is 17.8 Å². The molecular formula is C17H18N2O2S. The van der Waals surface area contributed by atoms with E-state index in [9.17, 15) is 9.90 Å². The highest BCUT2D eigenvalue weighted by molar-refractivity contribution is 7.16. The molecule has 0 saturated carbocycles. The molecule has 1 amide bonds. The third-order valence-corrected chi connectivity index (χ3v) is 5.68. The van der Waals surface area contributed by atoms with Crippen molar-refractivity contribution in [2.24, 2.45) is 5.92 Å². The Bertz CT molecular complexity index is 753. The van der Waals surface area contributed by atoms with Crippen LogP contribution >= 0.6 is 11.3 Å². The molecule has 0 unspecified atom stereocenters. The molecule has 1 aliphatic carbocycles. The summed E-state index contributed by atoms with van der Waals surface area (Å²) in [7, 11) is 0. The Kier molecular flexibility index (Phi) is 3.11. The molecule has 0 saturated heterocycles. The molecule has 5 heteroatoms. The standard InChI is InChI=1S/C17H18N2O2S/c1-9-5-6-12-13(7-9)22-17-14(12)16(21)18-15(19-17)10-3-2-4-11(20)8-10/h2-4,8-9,15,19-20H,5-7H2,1H3,(H,18,21)/t9-,15-/m0/s1. The number of carbonyl (C=O) groups excluding carboxylic acids is 1. The first-order valence-electron chi connectivity index (χ1n) is 7.62. The van der Waals surface area contributed by atoms with E-state index in [1.165, 1.54) is 10.4 Å². The van der Waals surface area contributed by atoms with E-state index in [1.807, 2.05) is 6.07 Å². The Labute approximate surface area is 133 Å². The van der Waals surface area contributed by atoms with Crippen molar-refractivity contribution in [3.05, 3.63) is 45.8 Å². The number of anilines is 1. The Morgan fingerprint density at radius 2 is 2.18 bits per heavy atom. The van der Waals surface area contributed by atoms with Crippen LogP contribution in [-0.2, 0) is 12.8 Å². The fourth-order valence-corrected chi connectivity index (χ4v) is 4.77. The number of benzene rings is 1. The van der Waals surface area contributed by atoms with Gasteiger partial charge in [-0.3, -0.25) is 4.79 Å². The summed E-state index contributed by atoms with van der Waals surface area (Å²) in [6.45, 7) is 2.27. The van der Waals surface area contributed by atoms with Crippen LogP contribution < -0.4 is 10.6 Å². The van der Waals surface area contributed by atoms with Crippen molar-refractivity contribution in [3.8, 4) is 5.75 Å². The molecule has 2 atom stereocenters. The largest absolute Gasteiger partial charge is 0.508 e. The molecule has 1 aromatic carbocycles. The molecule has 3 N–H and O–H groups in total. The van der Waals surface area contributed by atoms with Gasteiger partial charge in [-0.2, -0.15) is 0 Å². The highest BCUT2D eigenvalue weighted by Gasteiger charge is 2.33. The number of phenols is 1. The lowest BCUT2D eigenvalue weighted by molar-refractivity contribution is 0.0935. The van der Waals surface area contributed by atoms with E-state index in [0.717, 1.165) is 35.4 Å². The van der Waals surface area contributed by atoms with Gasteiger partial charge in [0, 0.05) is 4.88 Å². The van der Waals surface area contributed by atoms with Crippen molar-refractivity contribution < 1.29 is 9.90 Å². The zero-order valence-corrected chi connectivity index (χ0v) is 13.2. The number of thiophene rings is 1. The van der Waals surface area contributed by atoms with Gasteiger partial charge in [0.15, 0.2) is 0 Å². The lowest BCUT2D eigenvalue weighted by Crippen LogP contribution is -2.38. The molecule has 22 heavy (non-hydrogen) atoms. The van der Waals surface area contributed by atoms with Gasteiger partial charge in [-0.1, -0.05) is 19.1 Å². The molecule has 4 nitrogen and oxygen atoms in total. The van der Waals surface area contributed by atoms with Crippen LogP contribution in [0, 0.1) is 5.92 Å². The summed E-state index contributed by atoms with van der Waals surface area (Å²) < 4.78 is 0. The molecule has 4 rings (SSSR count). The maximum Gasteiger partial charge on any atom is 0.256 e. The molecule has 2 aromatic rings. The first-order chi connectivity index (χ1) is 10.6. The maximum absolute atomic E-state index is 12.6. The molecule has 1 aromatic heterocycles. The second kappa shape index (κ2) is 5.02. The van der Waals surface area contributed by atoms with Gasteiger partial charge in [0.25, 0.3) is 5.91 Å². The zero-order valence-electron chi connectivity index (χ0n) is 12.3. The van der Waals surface area contributed by atoms with E-state index in [4.69, 9.17) is 0 Å². The van der Waals surface area contributed by atoms with Gasteiger partial charge in [-0.25, -0.2) is 0 Å². The Morgan fingerprint density at radius 1 is 1.32 bits per heavy atom. The molecule has 114 valence electrons. The zero-order chi connectivity index (χ0) is 15.3. The molecular weight excluding hydrogens is 296 g/mol. The number of carbonyl (C=O) groups is 1. The van der Waals surface area contributed by atoms with Crippen LogP contribution in [0.5, 0.6) is 5.75 Å². The summed E-state index contributed by atoms with van der Waals surface area (Å²) in [5.74, 6) is 0.894. The summed E-state index contributed by atoms with van der Waals surface area (Å²) >= 11 is 1.71. The van der Waals surface area contributed by atoms with Crippen LogP contribution in [0.1, 0.15) is 45.9 Å². The van der Waals surface area contributed by atoms with Gasteiger partial charge in [0.1, 0.15) is 16.9 Å². The number of hydrogen-bond acceptors (Lipinski definition) is 4. The van der Waals surface area contributed by atoms with Gasteiger partial charge in [0.05, 0.1) is 5.56 Å². The normalized spacial score (nSPS) is 23.2. The molecule has 0 fully saturated rings. The predicted molar refractivity (Wildman–Crippen MR) is 87.4 cm³/mol. The summed E-state index contributed by atoms with van der Waals surface area (Å²) in [6, 6.07) is 7.00. The van der Waals surface area contributed by atoms with Gasteiger partial charge in [-0.15, -0.1) is 11.3 Å². The number of rotatable bonds is 1. The van der Waals surface area contributed by atoms with Crippen LogP contribution in [0.25, 0.3) is 0 Å². The van der Waals surface area contributed by atoms with E-state index in [0.29, 0.717) is 5.92 Å². The lowest BCUT2D eigenvalue weighted by atomic mass is 9.88. The molecule has 0 radical (unpaired) electrons. The Morgan fingerprint density at radius 3 is 3.00 bits per heavy atom.